The van der Waals surface area contributed by atoms with Crippen LogP contribution in [0.25, 0.3) is 11.1 Å². The molecule has 0 aromatic heterocycles. The van der Waals surface area contributed by atoms with Crippen LogP contribution in [0.5, 0.6) is 5.75 Å². The summed E-state index contributed by atoms with van der Waals surface area (Å²) < 4.78 is 5.71. The standard InChI is InChI=1S/C22H24N2O2/c1-16-4-3-5-17(2)24(16)22(25)15-26-21-12-10-20(11-13-21)19-8-6-18(14-23)7-9-19/h6-13,16-17H,3-5,15H2,1-2H3/t16-,17-/m1/s1. The second-order valence-corrected chi connectivity index (χ2v) is 6.93. The molecule has 0 radical (unpaired) electrons. The molecule has 0 saturated carbocycles. The molecule has 2 aromatic carbocycles. The lowest BCUT2D eigenvalue weighted by Crippen LogP contribution is -2.49. The Kier molecular flexibility index (Phi) is 5.58. The van der Waals surface area contributed by atoms with E-state index in [9.17, 15) is 4.79 Å². The van der Waals surface area contributed by atoms with Gasteiger partial charge in [0.2, 0.25) is 0 Å². The summed E-state index contributed by atoms with van der Waals surface area (Å²) in [6.07, 6.45) is 3.31. The lowest BCUT2D eigenvalue weighted by atomic mass is 9.97. The van der Waals surface area contributed by atoms with Gasteiger partial charge in [-0.25, -0.2) is 0 Å². The molecular weight excluding hydrogens is 324 g/mol. The first-order valence-electron chi connectivity index (χ1n) is 9.13. The average molecular weight is 348 g/mol. The molecule has 3 rings (SSSR count). The fraction of sp³-hybridized carbons (Fsp3) is 0.364. The van der Waals surface area contributed by atoms with Crippen LogP contribution in [0, 0.1) is 11.3 Å². The maximum Gasteiger partial charge on any atom is 0.260 e. The van der Waals surface area contributed by atoms with Crippen molar-refractivity contribution in [1.29, 1.82) is 5.26 Å². The van der Waals surface area contributed by atoms with Crippen LogP contribution in [0.15, 0.2) is 48.5 Å². The lowest BCUT2D eigenvalue weighted by Gasteiger charge is -2.38. The highest BCUT2D eigenvalue weighted by molar-refractivity contribution is 5.78. The zero-order chi connectivity index (χ0) is 18.5. The van der Waals surface area contributed by atoms with Crippen molar-refractivity contribution in [2.24, 2.45) is 0 Å². The third-order valence-electron chi connectivity index (χ3n) is 5.05. The van der Waals surface area contributed by atoms with Gasteiger partial charge in [-0.3, -0.25) is 4.79 Å². The van der Waals surface area contributed by atoms with E-state index in [0.29, 0.717) is 11.3 Å². The smallest absolute Gasteiger partial charge is 0.260 e. The van der Waals surface area contributed by atoms with Gasteiger partial charge in [-0.15, -0.1) is 0 Å². The van der Waals surface area contributed by atoms with Crippen molar-refractivity contribution in [3.05, 3.63) is 54.1 Å². The maximum absolute atomic E-state index is 12.5. The van der Waals surface area contributed by atoms with Gasteiger partial charge in [-0.1, -0.05) is 24.3 Å². The Labute approximate surface area is 155 Å². The van der Waals surface area contributed by atoms with E-state index in [1.165, 1.54) is 6.42 Å². The predicted molar refractivity (Wildman–Crippen MR) is 102 cm³/mol. The molecule has 0 bridgehead atoms. The van der Waals surface area contributed by atoms with Crippen LogP contribution < -0.4 is 4.74 Å². The van der Waals surface area contributed by atoms with Crippen molar-refractivity contribution in [2.45, 2.75) is 45.2 Å². The van der Waals surface area contributed by atoms with Gasteiger partial charge < -0.3 is 9.64 Å². The topological polar surface area (TPSA) is 53.3 Å². The van der Waals surface area contributed by atoms with Crippen LogP contribution in [0.1, 0.15) is 38.7 Å². The number of benzene rings is 2. The zero-order valence-corrected chi connectivity index (χ0v) is 15.3. The molecule has 2 aromatic rings. The molecule has 4 nitrogen and oxygen atoms in total. The molecule has 0 unspecified atom stereocenters. The summed E-state index contributed by atoms with van der Waals surface area (Å²) in [7, 11) is 0. The Balaban J connectivity index is 1.60. The number of carbonyl (C=O) groups excluding carboxylic acids is 1. The molecule has 134 valence electrons. The van der Waals surface area contributed by atoms with Crippen LogP contribution in [0.3, 0.4) is 0 Å². The van der Waals surface area contributed by atoms with Gasteiger partial charge in [0.15, 0.2) is 6.61 Å². The molecule has 0 spiro atoms. The Morgan fingerprint density at radius 3 is 2.12 bits per heavy atom. The van der Waals surface area contributed by atoms with Gasteiger partial charge in [0.25, 0.3) is 5.91 Å². The molecule has 26 heavy (non-hydrogen) atoms. The fourth-order valence-electron chi connectivity index (χ4n) is 3.61. The number of carbonyl (C=O) groups is 1. The molecule has 0 N–H and O–H groups in total. The summed E-state index contributed by atoms with van der Waals surface area (Å²) in [5.74, 6) is 0.744. The van der Waals surface area contributed by atoms with Crippen LogP contribution in [0.4, 0.5) is 0 Å². The molecule has 1 amide bonds. The quantitative estimate of drug-likeness (QED) is 0.823. The minimum absolute atomic E-state index is 0.0564. The summed E-state index contributed by atoms with van der Waals surface area (Å²) in [4.78, 5) is 14.5. The van der Waals surface area contributed by atoms with Gasteiger partial charge in [-0.05, 0) is 68.5 Å². The second kappa shape index (κ2) is 8.05. The van der Waals surface area contributed by atoms with Crippen LogP contribution in [-0.4, -0.2) is 29.5 Å². The van der Waals surface area contributed by atoms with Gasteiger partial charge in [0.05, 0.1) is 11.6 Å². The molecule has 1 saturated heterocycles. The number of hydrogen-bond donors (Lipinski definition) is 0. The Morgan fingerprint density at radius 2 is 1.58 bits per heavy atom. The predicted octanol–water partition coefficient (Wildman–Crippen LogP) is 4.39. The molecule has 1 aliphatic rings. The average Bonchev–Trinajstić information content (AvgIpc) is 2.67. The van der Waals surface area contributed by atoms with E-state index in [0.717, 1.165) is 24.0 Å². The van der Waals surface area contributed by atoms with Crippen LogP contribution >= 0.6 is 0 Å². The van der Waals surface area contributed by atoms with Crippen LogP contribution in [0.2, 0.25) is 0 Å². The molecule has 2 atom stereocenters. The number of likely N-dealkylation sites (tertiary alicyclic amines) is 1. The van der Waals surface area contributed by atoms with E-state index >= 15 is 0 Å². The van der Waals surface area contributed by atoms with E-state index < -0.39 is 0 Å². The highest BCUT2D eigenvalue weighted by atomic mass is 16.5. The SMILES string of the molecule is C[C@@H]1CCC[C@@H](C)N1C(=O)COc1ccc(-c2ccc(C#N)cc2)cc1. The van der Waals surface area contributed by atoms with E-state index in [-0.39, 0.29) is 24.6 Å². The number of rotatable bonds is 4. The number of hydrogen-bond acceptors (Lipinski definition) is 3. The molecular formula is C22H24N2O2. The van der Waals surface area contributed by atoms with Gasteiger partial charge >= 0.3 is 0 Å². The zero-order valence-electron chi connectivity index (χ0n) is 15.3. The summed E-state index contributed by atoms with van der Waals surface area (Å²) in [5, 5.41) is 8.87. The molecule has 4 heteroatoms. The number of nitrogens with zero attached hydrogens (tertiary/aromatic N) is 2. The molecule has 0 aliphatic carbocycles. The van der Waals surface area contributed by atoms with Gasteiger partial charge in [-0.2, -0.15) is 5.26 Å². The maximum atomic E-state index is 12.5. The first kappa shape index (κ1) is 18.0. The Hall–Kier alpha value is -2.80. The van der Waals surface area contributed by atoms with Crippen molar-refractivity contribution in [1.82, 2.24) is 4.90 Å². The number of nitriles is 1. The Morgan fingerprint density at radius 1 is 1.04 bits per heavy atom. The highest BCUT2D eigenvalue weighted by Gasteiger charge is 2.28. The molecule has 1 heterocycles. The van der Waals surface area contributed by atoms with Crippen molar-refractivity contribution >= 4 is 5.91 Å². The first-order valence-corrected chi connectivity index (χ1v) is 9.13. The minimum atomic E-state index is 0.0564. The highest BCUT2D eigenvalue weighted by Crippen LogP contribution is 2.24. The lowest BCUT2D eigenvalue weighted by molar-refractivity contribution is -0.139. The summed E-state index contributed by atoms with van der Waals surface area (Å²) in [6.45, 7) is 4.30. The van der Waals surface area contributed by atoms with Crippen molar-refractivity contribution < 1.29 is 9.53 Å². The normalized spacial score (nSPS) is 19.7. The number of amides is 1. The second-order valence-electron chi connectivity index (χ2n) is 6.93. The molecule has 1 fully saturated rings. The summed E-state index contributed by atoms with van der Waals surface area (Å²) in [5.41, 5.74) is 2.74. The summed E-state index contributed by atoms with van der Waals surface area (Å²) >= 11 is 0. The number of ether oxygens (including phenoxy) is 1. The molecule has 1 aliphatic heterocycles. The first-order chi connectivity index (χ1) is 12.6. The van der Waals surface area contributed by atoms with Crippen LogP contribution in [-0.2, 0) is 4.79 Å². The van der Waals surface area contributed by atoms with Gasteiger partial charge in [0, 0.05) is 12.1 Å². The van der Waals surface area contributed by atoms with Crippen molar-refractivity contribution in [3.63, 3.8) is 0 Å². The third kappa shape index (κ3) is 4.05. The monoisotopic (exact) mass is 348 g/mol. The van der Waals surface area contributed by atoms with Crippen molar-refractivity contribution in [3.8, 4) is 22.9 Å². The van der Waals surface area contributed by atoms with Crippen molar-refractivity contribution in [2.75, 3.05) is 6.61 Å². The summed E-state index contributed by atoms with van der Waals surface area (Å²) in [6, 6.07) is 17.8. The largest absolute Gasteiger partial charge is 0.484 e. The third-order valence-corrected chi connectivity index (χ3v) is 5.05. The van der Waals surface area contributed by atoms with E-state index in [2.05, 4.69) is 19.9 Å². The fourth-order valence-corrected chi connectivity index (χ4v) is 3.61. The van der Waals surface area contributed by atoms with E-state index in [4.69, 9.17) is 10.00 Å². The van der Waals surface area contributed by atoms with E-state index in [1.54, 1.807) is 12.1 Å². The van der Waals surface area contributed by atoms with Gasteiger partial charge in [0.1, 0.15) is 5.75 Å². The Bertz CT molecular complexity index is 780. The minimum Gasteiger partial charge on any atom is -0.484 e. The number of piperidine rings is 1. The van der Waals surface area contributed by atoms with E-state index in [1.807, 2.05) is 41.3 Å².